The van der Waals surface area contributed by atoms with Crippen LogP contribution >= 0.6 is 0 Å². The molecule has 1 aliphatic heterocycles. The third-order valence-electron chi connectivity index (χ3n) is 1.18. The molecule has 0 N–H and O–H groups in total. The molecule has 0 aromatic heterocycles. The van der Waals surface area contributed by atoms with Gasteiger partial charge in [0.25, 0.3) is 0 Å². The largest absolute Gasteiger partial charge is 0.318 e. The van der Waals surface area contributed by atoms with Crippen molar-refractivity contribution in [1.29, 1.82) is 0 Å². The van der Waals surface area contributed by atoms with Crippen molar-refractivity contribution in [2.24, 2.45) is 5.11 Å². The third-order valence-corrected chi connectivity index (χ3v) is 1.18. The highest BCUT2D eigenvalue weighted by Crippen LogP contribution is 2.00. The maximum absolute atomic E-state index is 10.9. The van der Waals surface area contributed by atoms with Gasteiger partial charge in [-0.05, 0) is 17.7 Å². The Morgan fingerprint density at radius 2 is 1.83 bits per heavy atom. The van der Waals surface area contributed by atoms with Crippen LogP contribution in [0.5, 0.6) is 0 Å². The van der Waals surface area contributed by atoms with E-state index in [-0.39, 0.29) is 0 Å². The summed E-state index contributed by atoms with van der Waals surface area (Å²) < 4.78 is 0. The van der Waals surface area contributed by atoms with Gasteiger partial charge in [-0.2, -0.15) is 0 Å². The normalized spacial score (nSPS) is 13.8. The van der Waals surface area contributed by atoms with Crippen molar-refractivity contribution in [2.45, 2.75) is 0 Å². The van der Waals surface area contributed by atoms with Crippen LogP contribution < -0.4 is 0 Å². The lowest BCUT2D eigenvalue weighted by atomic mass is 10.5. The van der Waals surface area contributed by atoms with Crippen LogP contribution in [-0.4, -0.2) is 10.9 Å². The minimum atomic E-state index is -0.645. The number of urea groups is 1. The molecule has 1 aliphatic rings. The van der Waals surface area contributed by atoms with Crippen molar-refractivity contribution < 1.29 is 4.79 Å². The predicted octanol–water partition coefficient (Wildman–Crippen LogP) is 2.32. The van der Waals surface area contributed by atoms with Crippen LogP contribution in [0.2, 0.25) is 0 Å². The molecular formula is C7H6N4O. The Kier molecular flexibility index (Phi) is 2.70. The predicted molar refractivity (Wildman–Crippen MR) is 43.8 cm³/mol. The summed E-state index contributed by atoms with van der Waals surface area (Å²) in [6, 6.07) is -0.645. The average molecular weight is 162 g/mol. The number of carbonyl (C=O) groups is 1. The second-order valence-electron chi connectivity index (χ2n) is 1.95. The van der Waals surface area contributed by atoms with E-state index in [4.69, 9.17) is 5.53 Å². The first-order valence-electron chi connectivity index (χ1n) is 3.23. The van der Waals surface area contributed by atoms with E-state index in [1.807, 2.05) is 0 Å². The lowest BCUT2D eigenvalue weighted by molar-refractivity contribution is 0.235. The molecule has 0 fully saturated rings. The fourth-order valence-corrected chi connectivity index (χ4v) is 0.680. The van der Waals surface area contributed by atoms with E-state index in [0.717, 1.165) is 0 Å². The van der Waals surface area contributed by atoms with Gasteiger partial charge in [0.2, 0.25) is 0 Å². The van der Waals surface area contributed by atoms with Gasteiger partial charge in [0, 0.05) is 22.4 Å². The number of hydrogen-bond donors (Lipinski definition) is 0. The minimum absolute atomic E-state index is 0.645. The van der Waals surface area contributed by atoms with Crippen LogP contribution in [0.1, 0.15) is 0 Å². The molecule has 1 rings (SSSR count). The summed E-state index contributed by atoms with van der Waals surface area (Å²) >= 11 is 0. The summed E-state index contributed by atoms with van der Waals surface area (Å²) in [5, 5.41) is 2.93. The zero-order chi connectivity index (χ0) is 8.81. The fourth-order valence-electron chi connectivity index (χ4n) is 0.680. The Morgan fingerprint density at radius 1 is 1.25 bits per heavy atom. The monoisotopic (exact) mass is 162 g/mol. The second-order valence-corrected chi connectivity index (χ2v) is 1.95. The third kappa shape index (κ3) is 2.00. The van der Waals surface area contributed by atoms with Crippen LogP contribution in [-0.2, 0) is 0 Å². The molecule has 12 heavy (non-hydrogen) atoms. The number of rotatable bonds is 0. The molecule has 0 bridgehead atoms. The van der Waals surface area contributed by atoms with E-state index in [1.165, 1.54) is 17.3 Å². The molecule has 0 aromatic rings. The summed E-state index contributed by atoms with van der Waals surface area (Å²) in [7, 11) is 0. The molecule has 0 saturated carbocycles. The zero-order valence-corrected chi connectivity index (χ0v) is 6.16. The SMILES string of the molecule is [N-]=[N+]=NC(=O)N1C=CC=CC=C1. The van der Waals surface area contributed by atoms with Gasteiger partial charge < -0.3 is 0 Å². The molecule has 0 atom stereocenters. The molecule has 0 unspecified atom stereocenters. The van der Waals surface area contributed by atoms with Crippen LogP contribution in [0.3, 0.4) is 0 Å². The topological polar surface area (TPSA) is 69.1 Å². The number of hydrogen-bond acceptors (Lipinski definition) is 1. The van der Waals surface area contributed by atoms with Gasteiger partial charge in [0.15, 0.2) is 0 Å². The molecule has 0 aromatic carbocycles. The van der Waals surface area contributed by atoms with Crippen molar-refractivity contribution in [2.75, 3.05) is 0 Å². The van der Waals surface area contributed by atoms with Gasteiger partial charge >= 0.3 is 6.03 Å². The molecule has 0 saturated heterocycles. The van der Waals surface area contributed by atoms with Gasteiger partial charge in [0.05, 0.1) is 0 Å². The first-order chi connectivity index (χ1) is 5.84. The van der Waals surface area contributed by atoms with E-state index >= 15 is 0 Å². The molecule has 60 valence electrons. The highest BCUT2D eigenvalue weighted by Gasteiger charge is 2.03. The second kappa shape index (κ2) is 4.00. The van der Waals surface area contributed by atoms with Gasteiger partial charge in [-0.25, -0.2) is 0 Å². The van der Waals surface area contributed by atoms with E-state index in [9.17, 15) is 4.79 Å². The number of azide groups is 1. The van der Waals surface area contributed by atoms with Crippen molar-refractivity contribution in [3.63, 3.8) is 0 Å². The molecule has 0 aliphatic carbocycles. The van der Waals surface area contributed by atoms with Crippen LogP contribution in [0.25, 0.3) is 10.4 Å². The first kappa shape index (κ1) is 8.10. The lowest BCUT2D eigenvalue weighted by Crippen LogP contribution is -2.14. The highest BCUT2D eigenvalue weighted by molar-refractivity contribution is 5.77. The number of allylic oxidation sites excluding steroid dienone is 4. The minimum Gasteiger partial charge on any atom is -0.289 e. The summed E-state index contributed by atoms with van der Waals surface area (Å²) in [5.74, 6) is 0. The lowest BCUT2D eigenvalue weighted by Gasteiger charge is -2.06. The molecular weight excluding hydrogens is 156 g/mol. The van der Waals surface area contributed by atoms with Gasteiger partial charge in [-0.3, -0.25) is 9.69 Å². The molecule has 5 nitrogen and oxygen atoms in total. The van der Waals surface area contributed by atoms with E-state index in [2.05, 4.69) is 10.0 Å². The Labute approximate surface area is 68.9 Å². The number of carbonyl (C=O) groups excluding carboxylic acids is 1. The smallest absolute Gasteiger partial charge is 0.289 e. The quantitative estimate of drug-likeness (QED) is 0.306. The standard InChI is InChI=1S/C7H6N4O/c8-10-9-7(12)11-5-3-1-2-4-6-11/h1-6H. The maximum atomic E-state index is 10.9. The molecule has 1 heterocycles. The van der Waals surface area contributed by atoms with Gasteiger partial charge in [-0.1, -0.05) is 12.2 Å². The summed E-state index contributed by atoms with van der Waals surface area (Å²) in [6.45, 7) is 0. The Balaban J connectivity index is 2.76. The molecule has 0 spiro atoms. The van der Waals surface area contributed by atoms with Crippen molar-refractivity contribution >= 4 is 6.03 Å². The Bertz CT molecular complexity index is 293. The molecule has 5 heteroatoms. The zero-order valence-electron chi connectivity index (χ0n) is 6.16. The summed E-state index contributed by atoms with van der Waals surface area (Å²) in [6.07, 6.45) is 9.89. The fraction of sp³-hybridized carbons (Fsp3) is 0. The number of nitrogens with zero attached hydrogens (tertiary/aromatic N) is 4. The average Bonchev–Trinajstić information content (AvgIpc) is 2.32. The van der Waals surface area contributed by atoms with Crippen molar-refractivity contribution in [3.8, 4) is 0 Å². The highest BCUT2D eigenvalue weighted by atomic mass is 16.2. The number of amides is 2. The molecule has 0 radical (unpaired) electrons. The first-order valence-corrected chi connectivity index (χ1v) is 3.23. The Hall–Kier alpha value is -2.00. The van der Waals surface area contributed by atoms with Gasteiger partial charge in [0.1, 0.15) is 0 Å². The van der Waals surface area contributed by atoms with Crippen molar-refractivity contribution in [1.82, 2.24) is 4.90 Å². The van der Waals surface area contributed by atoms with E-state index < -0.39 is 6.03 Å². The molecule has 2 amide bonds. The maximum Gasteiger partial charge on any atom is 0.318 e. The van der Waals surface area contributed by atoms with E-state index in [0.29, 0.717) is 0 Å². The summed E-state index contributed by atoms with van der Waals surface area (Å²) in [5.41, 5.74) is 7.98. The van der Waals surface area contributed by atoms with Crippen molar-refractivity contribution in [3.05, 3.63) is 47.1 Å². The van der Waals surface area contributed by atoms with Gasteiger partial charge in [-0.15, -0.1) is 0 Å². The van der Waals surface area contributed by atoms with Crippen LogP contribution in [0, 0.1) is 0 Å². The van der Waals surface area contributed by atoms with Crippen LogP contribution in [0.15, 0.2) is 41.8 Å². The van der Waals surface area contributed by atoms with E-state index in [1.54, 1.807) is 24.3 Å². The summed E-state index contributed by atoms with van der Waals surface area (Å²) in [4.78, 5) is 14.5. The Morgan fingerprint density at radius 3 is 2.33 bits per heavy atom. The van der Waals surface area contributed by atoms with Crippen LogP contribution in [0.4, 0.5) is 4.79 Å².